The average molecular weight is 271 g/mol. The quantitative estimate of drug-likeness (QED) is 0.808. The lowest BCUT2D eigenvalue weighted by molar-refractivity contribution is -0.126. The predicted octanol–water partition coefficient (Wildman–Crippen LogP) is 3.07. The van der Waals surface area contributed by atoms with Crippen LogP contribution in [0, 0.1) is 0 Å². The Morgan fingerprint density at radius 2 is 2.17 bits per heavy atom. The largest absolute Gasteiger partial charge is 0.399 e. The first-order chi connectivity index (χ1) is 8.34. The molecule has 4 nitrogen and oxygen atoms in total. The van der Waals surface area contributed by atoms with Crippen molar-refractivity contribution in [2.75, 3.05) is 17.7 Å². The number of carbonyl (C=O) groups excluding carboxylic acids is 1. The zero-order valence-corrected chi connectivity index (χ0v) is 11.7. The summed E-state index contributed by atoms with van der Waals surface area (Å²) in [6.45, 7) is 5.89. The molecule has 100 valence electrons. The van der Waals surface area contributed by atoms with Gasteiger partial charge in [-0.1, -0.05) is 18.5 Å². The number of nitrogen functional groups attached to an aromatic ring is 1. The molecule has 0 radical (unpaired) electrons. The van der Waals surface area contributed by atoms with Gasteiger partial charge < -0.3 is 15.8 Å². The molecule has 0 bridgehead atoms. The monoisotopic (exact) mass is 270 g/mol. The summed E-state index contributed by atoms with van der Waals surface area (Å²) in [5.74, 6) is -0.233. The molecule has 0 aromatic heterocycles. The van der Waals surface area contributed by atoms with Crippen molar-refractivity contribution in [3.05, 3.63) is 23.2 Å². The van der Waals surface area contributed by atoms with E-state index in [-0.39, 0.29) is 18.1 Å². The van der Waals surface area contributed by atoms with Crippen molar-refractivity contribution in [2.45, 2.75) is 32.8 Å². The maximum atomic E-state index is 11.7. The smallest absolute Gasteiger partial charge is 0.250 e. The highest BCUT2D eigenvalue weighted by Gasteiger charge is 2.17. The Bertz CT molecular complexity index is 433. The number of hydrogen-bond acceptors (Lipinski definition) is 3. The summed E-state index contributed by atoms with van der Waals surface area (Å²) >= 11 is 5.96. The molecule has 0 saturated heterocycles. The molecule has 3 N–H and O–H groups in total. The van der Waals surface area contributed by atoms with Crippen LogP contribution in [0.2, 0.25) is 5.02 Å². The lowest BCUT2D eigenvalue weighted by Crippen LogP contribution is -2.29. The molecule has 1 aromatic rings. The van der Waals surface area contributed by atoms with E-state index in [1.54, 1.807) is 18.2 Å². The molecule has 0 unspecified atom stereocenters. The van der Waals surface area contributed by atoms with Gasteiger partial charge in [0.2, 0.25) is 5.91 Å². The van der Waals surface area contributed by atoms with Gasteiger partial charge in [0.1, 0.15) is 6.61 Å². The third kappa shape index (κ3) is 4.55. The van der Waals surface area contributed by atoms with Crippen LogP contribution in [0.3, 0.4) is 0 Å². The standard InChI is InChI=1S/C13H19ClN2O2/c1-4-13(2,3)18-8-12(17)16-11-6-5-9(15)7-10(11)14/h5-7H,4,8,15H2,1-3H3,(H,16,17). The molecular formula is C13H19ClN2O2. The first kappa shape index (κ1) is 14.8. The molecule has 5 heteroatoms. The van der Waals surface area contributed by atoms with E-state index in [1.807, 2.05) is 20.8 Å². The van der Waals surface area contributed by atoms with Gasteiger partial charge in [-0.15, -0.1) is 0 Å². The van der Waals surface area contributed by atoms with Crippen LogP contribution in [0.4, 0.5) is 11.4 Å². The van der Waals surface area contributed by atoms with E-state index >= 15 is 0 Å². The van der Waals surface area contributed by atoms with Gasteiger partial charge >= 0.3 is 0 Å². The van der Waals surface area contributed by atoms with E-state index in [1.165, 1.54) is 0 Å². The number of anilines is 2. The predicted molar refractivity (Wildman–Crippen MR) is 74.8 cm³/mol. The molecule has 0 aliphatic carbocycles. The molecule has 1 aromatic carbocycles. The van der Waals surface area contributed by atoms with Gasteiger partial charge in [0.05, 0.1) is 16.3 Å². The van der Waals surface area contributed by atoms with E-state index in [9.17, 15) is 4.79 Å². The molecule has 0 heterocycles. The van der Waals surface area contributed by atoms with Crippen LogP contribution < -0.4 is 11.1 Å². The second kappa shape index (κ2) is 6.07. The maximum Gasteiger partial charge on any atom is 0.250 e. The summed E-state index contributed by atoms with van der Waals surface area (Å²) in [5, 5.41) is 3.10. The fourth-order valence-electron chi connectivity index (χ4n) is 1.18. The minimum absolute atomic E-state index is 0.00153. The number of ether oxygens (including phenoxy) is 1. The number of nitrogens with two attached hydrogens (primary N) is 1. The van der Waals surface area contributed by atoms with Gasteiger partial charge in [-0.2, -0.15) is 0 Å². The summed E-state index contributed by atoms with van der Waals surface area (Å²) in [6, 6.07) is 4.94. The second-order valence-corrected chi connectivity index (χ2v) is 5.10. The highest BCUT2D eigenvalue weighted by molar-refractivity contribution is 6.34. The minimum Gasteiger partial charge on any atom is -0.399 e. The SMILES string of the molecule is CCC(C)(C)OCC(=O)Nc1ccc(N)cc1Cl. The number of rotatable bonds is 5. The van der Waals surface area contributed by atoms with Crippen molar-refractivity contribution in [1.82, 2.24) is 0 Å². The molecule has 0 saturated carbocycles. The van der Waals surface area contributed by atoms with Crippen LogP contribution in [0.5, 0.6) is 0 Å². The topological polar surface area (TPSA) is 64.3 Å². The Kier molecular flexibility index (Phi) is 4.99. The summed E-state index contributed by atoms with van der Waals surface area (Å²) < 4.78 is 5.50. The summed E-state index contributed by atoms with van der Waals surface area (Å²) in [6.07, 6.45) is 0.836. The molecular weight excluding hydrogens is 252 g/mol. The molecule has 0 aliphatic rings. The highest BCUT2D eigenvalue weighted by atomic mass is 35.5. The van der Waals surface area contributed by atoms with Crippen LogP contribution in [-0.4, -0.2) is 18.1 Å². The Morgan fingerprint density at radius 3 is 2.72 bits per heavy atom. The molecule has 0 atom stereocenters. The molecule has 18 heavy (non-hydrogen) atoms. The van der Waals surface area contributed by atoms with Crippen LogP contribution >= 0.6 is 11.6 Å². The maximum absolute atomic E-state index is 11.7. The van der Waals surface area contributed by atoms with E-state index in [2.05, 4.69) is 5.32 Å². The third-order valence-corrected chi connectivity index (χ3v) is 3.03. The summed E-state index contributed by atoms with van der Waals surface area (Å²) in [5.41, 5.74) is 6.36. The van der Waals surface area contributed by atoms with Gasteiger partial charge in [-0.3, -0.25) is 4.79 Å². The van der Waals surface area contributed by atoms with Crippen LogP contribution in [-0.2, 0) is 9.53 Å². The second-order valence-electron chi connectivity index (χ2n) is 4.69. The first-order valence-corrected chi connectivity index (χ1v) is 6.20. The average Bonchev–Trinajstić information content (AvgIpc) is 2.30. The van der Waals surface area contributed by atoms with Crippen molar-refractivity contribution in [3.63, 3.8) is 0 Å². The Hall–Kier alpha value is -1.26. The number of hydrogen-bond donors (Lipinski definition) is 2. The normalized spacial score (nSPS) is 11.3. The fraction of sp³-hybridized carbons (Fsp3) is 0.462. The number of halogens is 1. The van der Waals surface area contributed by atoms with Gasteiger partial charge in [-0.05, 0) is 38.5 Å². The molecule has 0 aliphatic heterocycles. The lowest BCUT2D eigenvalue weighted by atomic mass is 10.1. The minimum atomic E-state index is -0.303. The zero-order valence-electron chi connectivity index (χ0n) is 10.9. The van der Waals surface area contributed by atoms with Gasteiger partial charge in [0, 0.05) is 5.69 Å². The number of carbonyl (C=O) groups is 1. The number of nitrogens with one attached hydrogen (secondary N) is 1. The van der Waals surface area contributed by atoms with Crippen LogP contribution in [0.15, 0.2) is 18.2 Å². The van der Waals surface area contributed by atoms with Crippen molar-refractivity contribution in [3.8, 4) is 0 Å². The van der Waals surface area contributed by atoms with E-state index in [0.717, 1.165) is 6.42 Å². The number of amides is 1. The molecule has 1 rings (SSSR count). The van der Waals surface area contributed by atoms with E-state index in [0.29, 0.717) is 16.4 Å². The molecule has 0 fully saturated rings. The highest BCUT2D eigenvalue weighted by Crippen LogP contribution is 2.24. The van der Waals surface area contributed by atoms with E-state index < -0.39 is 0 Å². The van der Waals surface area contributed by atoms with Crippen LogP contribution in [0.1, 0.15) is 27.2 Å². The van der Waals surface area contributed by atoms with Crippen molar-refractivity contribution >= 4 is 28.9 Å². The lowest BCUT2D eigenvalue weighted by Gasteiger charge is -2.23. The van der Waals surface area contributed by atoms with E-state index in [4.69, 9.17) is 22.1 Å². The van der Waals surface area contributed by atoms with Crippen molar-refractivity contribution in [2.24, 2.45) is 0 Å². The Morgan fingerprint density at radius 1 is 1.50 bits per heavy atom. The summed E-state index contributed by atoms with van der Waals surface area (Å²) in [4.78, 5) is 11.7. The van der Waals surface area contributed by atoms with Gasteiger partial charge in [0.25, 0.3) is 0 Å². The van der Waals surface area contributed by atoms with Crippen molar-refractivity contribution < 1.29 is 9.53 Å². The van der Waals surface area contributed by atoms with Gasteiger partial charge in [0.15, 0.2) is 0 Å². The summed E-state index contributed by atoms with van der Waals surface area (Å²) in [7, 11) is 0. The Labute approximate surface area is 112 Å². The van der Waals surface area contributed by atoms with Gasteiger partial charge in [-0.25, -0.2) is 0 Å². The molecule has 1 amide bonds. The fourth-order valence-corrected chi connectivity index (χ4v) is 1.42. The molecule has 0 spiro atoms. The van der Waals surface area contributed by atoms with Crippen molar-refractivity contribution in [1.29, 1.82) is 0 Å². The number of benzene rings is 1. The first-order valence-electron chi connectivity index (χ1n) is 5.83. The van der Waals surface area contributed by atoms with Crippen LogP contribution in [0.25, 0.3) is 0 Å². The third-order valence-electron chi connectivity index (χ3n) is 2.71. The Balaban J connectivity index is 2.55. The zero-order chi connectivity index (χ0) is 13.8.